The van der Waals surface area contributed by atoms with Crippen LogP contribution in [0.1, 0.15) is 31.2 Å². The number of hydrogen-bond acceptors (Lipinski definition) is 8. The summed E-state index contributed by atoms with van der Waals surface area (Å²) in [6.07, 6.45) is -0.411. The lowest BCUT2D eigenvalue weighted by molar-refractivity contribution is 0.202. The van der Waals surface area contributed by atoms with Crippen molar-refractivity contribution < 1.29 is 30.2 Å². The molecule has 2 aromatic heterocycles. The second-order valence-electron chi connectivity index (χ2n) is 5.86. The van der Waals surface area contributed by atoms with Crippen molar-refractivity contribution in [3.8, 4) is 23.0 Å². The van der Waals surface area contributed by atoms with Crippen LogP contribution in [0.4, 0.5) is 5.82 Å². The van der Waals surface area contributed by atoms with Crippen LogP contribution >= 0.6 is 15.9 Å². The highest BCUT2D eigenvalue weighted by molar-refractivity contribution is 9.10. The first kappa shape index (κ1) is 14.3. The monoisotopic (exact) mass is 531 g/mol. The molecule has 0 amide bonds. The van der Waals surface area contributed by atoms with Gasteiger partial charge < -0.3 is 9.47 Å². The summed E-state index contributed by atoms with van der Waals surface area (Å²) in [5.74, 6) is -1.28. The van der Waals surface area contributed by atoms with Crippen molar-refractivity contribution in [1.29, 1.82) is 0 Å². The Morgan fingerprint density at radius 2 is 1.78 bits per heavy atom. The van der Waals surface area contributed by atoms with Gasteiger partial charge in [-0.25, -0.2) is 19.9 Å². The van der Waals surface area contributed by atoms with Crippen LogP contribution in [0.25, 0.3) is 11.1 Å². The van der Waals surface area contributed by atoms with E-state index in [1.807, 2.05) is 4.72 Å². The molecule has 0 aliphatic rings. The molecule has 0 fully saturated rings. The van der Waals surface area contributed by atoms with Crippen molar-refractivity contribution in [1.82, 2.24) is 24.7 Å². The van der Waals surface area contributed by atoms with Gasteiger partial charge >= 0.3 is 6.01 Å². The van der Waals surface area contributed by atoms with Crippen molar-refractivity contribution in [3.05, 3.63) is 52.9 Å². The first-order valence-corrected chi connectivity index (χ1v) is 11.1. The van der Waals surface area contributed by atoms with E-state index in [4.69, 9.17) is 21.8 Å². The third-order valence-corrected chi connectivity index (χ3v) is 4.69. The standard InChI is InChI=1S/C20H23BrN6O4S/c1-3-8-26-32(28,29)27-18-17(15-4-6-16(21)7-5-15)19(25-13-24-18)30-9-10-31-20-22-11-14(2)12-23-20/h4-7,11-13,26H,3,8-10H2,1-2H3,(H,24,25,27)/i3D2,4D,5D,6D,7D,8D2,13D. The Kier molecular flexibility index (Phi) is 5.00. The molecule has 3 rings (SSSR count). The van der Waals surface area contributed by atoms with Gasteiger partial charge in [0.2, 0.25) is 5.88 Å². The first-order chi connectivity index (χ1) is 18.8. The van der Waals surface area contributed by atoms with Crippen molar-refractivity contribution in [2.45, 2.75) is 20.2 Å². The maximum absolute atomic E-state index is 12.9. The maximum atomic E-state index is 12.9. The zero-order chi connectivity index (χ0) is 30.9. The smallest absolute Gasteiger partial charge is 0.316 e. The van der Waals surface area contributed by atoms with Gasteiger partial charge in [-0.05, 0) is 36.5 Å². The third-order valence-electron chi connectivity index (χ3n) is 3.46. The fourth-order valence-electron chi connectivity index (χ4n) is 2.16. The lowest BCUT2D eigenvalue weighted by atomic mass is 10.1. The van der Waals surface area contributed by atoms with Crippen LogP contribution in [0, 0.1) is 6.92 Å². The number of halogens is 1. The molecule has 0 radical (unpaired) electrons. The Morgan fingerprint density at radius 1 is 1.09 bits per heavy atom. The van der Waals surface area contributed by atoms with Crippen molar-refractivity contribution >= 4 is 32.0 Å². The summed E-state index contributed by atoms with van der Waals surface area (Å²) in [5, 5.41) is 0. The van der Waals surface area contributed by atoms with Crippen LogP contribution in [0.15, 0.2) is 47.3 Å². The molecule has 0 atom stereocenters. The van der Waals surface area contributed by atoms with Crippen molar-refractivity contribution in [3.63, 3.8) is 0 Å². The highest BCUT2D eigenvalue weighted by Crippen LogP contribution is 2.34. The second kappa shape index (κ2) is 11.2. The molecule has 3 aromatic rings. The van der Waals surface area contributed by atoms with Gasteiger partial charge in [0.25, 0.3) is 10.2 Å². The van der Waals surface area contributed by atoms with Gasteiger partial charge in [-0.1, -0.05) is 34.9 Å². The molecule has 0 aliphatic heterocycles. The topological polar surface area (TPSA) is 128 Å². The summed E-state index contributed by atoms with van der Waals surface area (Å²) in [5.41, 5.74) is -0.195. The van der Waals surface area contributed by atoms with Crippen LogP contribution in [0.3, 0.4) is 0 Å². The van der Waals surface area contributed by atoms with Crippen molar-refractivity contribution in [2.75, 3.05) is 24.4 Å². The van der Waals surface area contributed by atoms with Crippen LogP contribution in [-0.4, -0.2) is 48.1 Å². The predicted octanol–water partition coefficient (Wildman–Crippen LogP) is 3.12. The summed E-state index contributed by atoms with van der Waals surface area (Å²) >= 11 is 2.98. The van der Waals surface area contributed by atoms with Crippen LogP contribution in [0.5, 0.6) is 11.9 Å². The molecule has 2 heterocycles. The van der Waals surface area contributed by atoms with Crippen LogP contribution in [-0.2, 0) is 10.2 Å². The minimum absolute atomic E-state index is 0.0281. The molecular weight excluding hydrogens is 500 g/mol. The molecule has 0 spiro atoms. The van der Waals surface area contributed by atoms with Crippen molar-refractivity contribution in [2.24, 2.45) is 0 Å². The number of anilines is 1. The van der Waals surface area contributed by atoms with Gasteiger partial charge in [-0.3, -0.25) is 4.72 Å². The van der Waals surface area contributed by atoms with E-state index >= 15 is 0 Å². The van der Waals surface area contributed by atoms with E-state index in [1.165, 1.54) is 17.1 Å². The maximum Gasteiger partial charge on any atom is 0.316 e. The van der Waals surface area contributed by atoms with Gasteiger partial charge in [-0.2, -0.15) is 13.1 Å². The molecule has 12 heteroatoms. The van der Waals surface area contributed by atoms with E-state index in [0.29, 0.717) is 0 Å². The van der Waals surface area contributed by atoms with Crippen LogP contribution in [0.2, 0.25) is 0 Å². The molecule has 32 heavy (non-hydrogen) atoms. The third kappa shape index (κ3) is 6.84. The van der Waals surface area contributed by atoms with Gasteiger partial charge in [0.1, 0.15) is 20.9 Å². The molecule has 2 N–H and O–H groups in total. The zero-order valence-corrected chi connectivity index (χ0v) is 19.2. The number of nitrogens with zero attached hydrogens (tertiary/aromatic N) is 4. The Hall–Kier alpha value is -2.83. The van der Waals surface area contributed by atoms with Gasteiger partial charge in [0.15, 0.2) is 5.82 Å². The molecule has 0 saturated carbocycles. The van der Waals surface area contributed by atoms with E-state index in [2.05, 4.69) is 35.9 Å². The van der Waals surface area contributed by atoms with Gasteiger partial charge in [0.05, 0.1) is 11.0 Å². The average Bonchev–Trinajstić information content (AvgIpc) is 2.85. The van der Waals surface area contributed by atoms with Gasteiger partial charge in [0, 0.05) is 28.8 Å². The largest absolute Gasteiger partial charge is 0.473 e. The fraction of sp³-hybridized carbons (Fsp3) is 0.300. The lowest BCUT2D eigenvalue weighted by Gasteiger charge is -2.15. The lowest BCUT2D eigenvalue weighted by Crippen LogP contribution is -2.31. The minimum atomic E-state index is -4.97. The van der Waals surface area contributed by atoms with E-state index in [0.717, 1.165) is 12.5 Å². The molecule has 0 bridgehead atoms. The SMILES string of the molecule is [2H]c1nc(NS(=O)(=O)NC([2H])([2H])C([2H])([2H])C)c(-c2c([2H])c([2H])c(Br)c([2H])c2[2H])c(OCCOc2ncc(C)cn2)n1. The minimum Gasteiger partial charge on any atom is -0.473 e. The second-order valence-corrected chi connectivity index (χ2v) is 8.07. The highest BCUT2D eigenvalue weighted by Gasteiger charge is 2.19. The number of hydrogen-bond donors (Lipinski definition) is 2. The van der Waals surface area contributed by atoms with Crippen LogP contribution < -0.4 is 18.9 Å². The number of aromatic nitrogens is 4. The molecule has 0 unspecified atom stereocenters. The Labute approximate surface area is 207 Å². The summed E-state index contributed by atoms with van der Waals surface area (Å²) < 4.78 is 112. The Balaban J connectivity index is 2.10. The number of aryl methyl sites for hydroxylation is 1. The number of nitrogens with one attached hydrogen (secondary N) is 2. The molecule has 1 aromatic carbocycles. The summed E-state index contributed by atoms with van der Waals surface area (Å²) in [6.45, 7) is -0.962. The number of rotatable bonds is 11. The quantitative estimate of drug-likeness (QED) is 0.361. The fourth-order valence-corrected chi connectivity index (χ4v) is 3.04. The molecule has 0 saturated heterocycles. The molecule has 0 aliphatic carbocycles. The molecule has 10 nitrogen and oxygen atoms in total. The zero-order valence-electron chi connectivity index (χ0n) is 25.8. The van der Waals surface area contributed by atoms with E-state index in [1.54, 1.807) is 6.92 Å². The molecule has 170 valence electrons. The first-order valence-electron chi connectivity index (χ1n) is 13.4. The summed E-state index contributed by atoms with van der Waals surface area (Å²) in [4.78, 5) is 15.5. The summed E-state index contributed by atoms with van der Waals surface area (Å²) in [7, 11) is -4.97. The average molecular weight is 532 g/mol. The molecular formula is C20H23BrN6O4S. The van der Waals surface area contributed by atoms with E-state index in [9.17, 15) is 8.42 Å². The number of ether oxygens (including phenoxy) is 2. The van der Waals surface area contributed by atoms with E-state index in [-0.39, 0.29) is 23.7 Å². The Morgan fingerprint density at radius 3 is 2.47 bits per heavy atom. The highest BCUT2D eigenvalue weighted by atomic mass is 79.9. The Bertz CT molecular complexity index is 1530. The number of benzene rings is 1. The predicted molar refractivity (Wildman–Crippen MR) is 124 cm³/mol. The normalized spacial score (nSPS) is 16.2. The summed E-state index contributed by atoms with van der Waals surface area (Å²) in [6, 6.07) is -2.29. The van der Waals surface area contributed by atoms with Gasteiger partial charge in [-0.15, -0.1) is 0 Å². The van der Waals surface area contributed by atoms with E-state index < -0.39 is 76.4 Å².